The van der Waals surface area contributed by atoms with E-state index in [4.69, 9.17) is 21.6 Å². The van der Waals surface area contributed by atoms with Crippen molar-refractivity contribution in [3.63, 3.8) is 0 Å². The van der Waals surface area contributed by atoms with Gasteiger partial charge in [0.05, 0.1) is 23.0 Å². The highest BCUT2D eigenvalue weighted by Gasteiger charge is 2.50. The minimum Gasteiger partial charge on any atom is -0.374 e. The number of hydrogen-bond acceptors (Lipinski definition) is 7. The molecule has 10 heteroatoms. The van der Waals surface area contributed by atoms with Crippen LogP contribution in [-0.4, -0.2) is 62.7 Å². The topological polar surface area (TPSA) is 98.6 Å². The first-order chi connectivity index (χ1) is 22.6. The maximum atomic E-state index is 13.9. The van der Waals surface area contributed by atoms with E-state index in [-0.39, 0.29) is 18.0 Å². The molecule has 3 N–H and O–H groups in total. The highest BCUT2D eigenvalue weighted by molar-refractivity contribution is 6.31. The van der Waals surface area contributed by atoms with Gasteiger partial charge in [0.25, 0.3) is 0 Å². The van der Waals surface area contributed by atoms with Crippen LogP contribution < -0.4 is 15.5 Å². The molecule has 3 aliphatic rings. The largest absolute Gasteiger partial charge is 0.374 e. The Morgan fingerprint density at radius 3 is 2.55 bits per heavy atom. The number of benzene rings is 2. The Labute approximate surface area is 282 Å². The summed E-state index contributed by atoms with van der Waals surface area (Å²) >= 11 is 6.43. The van der Waals surface area contributed by atoms with Crippen LogP contribution in [0.1, 0.15) is 89.6 Å². The number of fused-ring (bicyclic) bond motifs is 2. The molecule has 4 heterocycles. The fraction of sp³-hybridized carbons (Fsp3) is 0.486. The number of aliphatic hydroxyl groups is 1. The number of imidazole rings is 1. The number of amides is 1. The molecular formula is C37H46ClN7O2. The number of pyridine rings is 1. The first-order valence-corrected chi connectivity index (χ1v) is 17.5. The van der Waals surface area contributed by atoms with E-state index in [0.29, 0.717) is 22.4 Å². The quantitative estimate of drug-likeness (QED) is 0.163. The van der Waals surface area contributed by atoms with Crippen LogP contribution in [0.15, 0.2) is 48.8 Å². The van der Waals surface area contributed by atoms with Gasteiger partial charge in [0.15, 0.2) is 5.82 Å². The molecule has 2 aliphatic heterocycles. The predicted molar refractivity (Wildman–Crippen MR) is 189 cm³/mol. The number of carbonyl (C=O) groups is 1. The van der Waals surface area contributed by atoms with Gasteiger partial charge in [-0.05, 0) is 109 Å². The number of carbonyl (C=O) groups excluding carboxylic acids is 1. The number of aromatic nitrogens is 3. The number of nitrogens with zero attached hydrogens (tertiary/aromatic N) is 5. The standard InChI is InChI=1S/C37H46ClN7O2/c1-6-22(2)44-21-40-31-20-30(42-34(33(31)44)41-24-11-13-29(38)27(17-24)35(46)39-5)23-10-12-28-32(16-23)45(36(47)37(28,3)4)26-18-25(19-26)43-14-8-7-9-15-43/h10-13,16-17,20-22,25-26,35,39,46H,6-9,14-15,18-19H2,1-5H3,(H,41,42)/t22-,25-,26+,35?/m0/s1. The Hall–Kier alpha value is -3.50. The number of halogens is 1. The summed E-state index contributed by atoms with van der Waals surface area (Å²) < 4.78 is 2.16. The van der Waals surface area contributed by atoms with Gasteiger partial charge in [0.1, 0.15) is 11.7 Å². The molecule has 1 aliphatic carbocycles. The molecule has 0 radical (unpaired) electrons. The van der Waals surface area contributed by atoms with Gasteiger partial charge in [-0.1, -0.05) is 37.1 Å². The van der Waals surface area contributed by atoms with Gasteiger partial charge < -0.3 is 24.8 Å². The molecule has 2 atom stereocenters. The molecule has 1 saturated carbocycles. The molecule has 2 aromatic heterocycles. The third kappa shape index (κ3) is 5.61. The van der Waals surface area contributed by atoms with Crippen molar-refractivity contribution in [1.82, 2.24) is 24.8 Å². The second kappa shape index (κ2) is 12.5. The fourth-order valence-corrected chi connectivity index (χ4v) is 7.83. The highest BCUT2D eigenvalue weighted by Crippen LogP contribution is 2.48. The van der Waals surface area contributed by atoms with Gasteiger partial charge in [-0.15, -0.1) is 0 Å². The third-order valence-corrected chi connectivity index (χ3v) is 11.1. The van der Waals surface area contributed by atoms with Crippen LogP contribution in [0.5, 0.6) is 0 Å². The summed E-state index contributed by atoms with van der Waals surface area (Å²) in [5.41, 5.74) is 6.29. The molecule has 9 nitrogen and oxygen atoms in total. The maximum Gasteiger partial charge on any atom is 0.237 e. The van der Waals surface area contributed by atoms with Gasteiger partial charge in [0.2, 0.25) is 5.91 Å². The number of anilines is 3. The van der Waals surface area contributed by atoms with E-state index in [0.717, 1.165) is 58.5 Å². The minimum atomic E-state index is -0.902. The van der Waals surface area contributed by atoms with Crippen molar-refractivity contribution in [2.24, 2.45) is 0 Å². The Kier molecular flexibility index (Phi) is 8.53. The zero-order valence-corrected chi connectivity index (χ0v) is 28.8. The molecule has 0 bridgehead atoms. The van der Waals surface area contributed by atoms with E-state index < -0.39 is 11.6 Å². The Morgan fingerprint density at radius 1 is 1.06 bits per heavy atom. The fourth-order valence-electron chi connectivity index (χ4n) is 7.61. The van der Waals surface area contributed by atoms with E-state index in [9.17, 15) is 9.90 Å². The van der Waals surface area contributed by atoms with Gasteiger partial charge in [-0.2, -0.15) is 0 Å². The average molecular weight is 656 g/mol. The molecule has 1 unspecified atom stereocenters. The van der Waals surface area contributed by atoms with Crippen LogP contribution in [0.4, 0.5) is 17.2 Å². The summed E-state index contributed by atoms with van der Waals surface area (Å²) in [6, 6.07) is 14.9. The van der Waals surface area contributed by atoms with Crippen LogP contribution >= 0.6 is 11.6 Å². The smallest absolute Gasteiger partial charge is 0.237 e. The SMILES string of the molecule is CC[C@H](C)n1cnc2cc(-c3ccc4c(c3)N([C@H]3C[C@@H](N5CCCCC5)C3)C(=O)C4(C)C)nc(Nc3ccc(Cl)c(C(O)NC)c3)c21. The number of piperidine rings is 1. The van der Waals surface area contributed by atoms with E-state index in [1.807, 2.05) is 38.4 Å². The lowest BCUT2D eigenvalue weighted by molar-refractivity contribution is -0.123. The van der Waals surface area contributed by atoms with Crippen molar-refractivity contribution in [2.45, 2.75) is 96.0 Å². The van der Waals surface area contributed by atoms with Crippen molar-refractivity contribution in [2.75, 3.05) is 30.4 Å². The zero-order chi connectivity index (χ0) is 33.0. The summed E-state index contributed by atoms with van der Waals surface area (Å²) in [6.45, 7) is 10.8. The minimum absolute atomic E-state index is 0.187. The van der Waals surface area contributed by atoms with E-state index in [1.54, 1.807) is 13.1 Å². The van der Waals surface area contributed by atoms with Crippen molar-refractivity contribution in [3.8, 4) is 11.3 Å². The Bertz CT molecular complexity index is 1810. The first-order valence-electron chi connectivity index (χ1n) is 17.1. The summed E-state index contributed by atoms with van der Waals surface area (Å²) in [6.07, 6.45) is 7.88. The second-order valence-electron chi connectivity index (χ2n) is 14.1. The van der Waals surface area contributed by atoms with Crippen molar-refractivity contribution in [1.29, 1.82) is 0 Å². The van der Waals surface area contributed by atoms with Crippen LogP contribution in [0.2, 0.25) is 5.02 Å². The first kappa shape index (κ1) is 32.1. The van der Waals surface area contributed by atoms with Gasteiger partial charge in [-0.3, -0.25) is 10.1 Å². The van der Waals surface area contributed by atoms with E-state index >= 15 is 0 Å². The average Bonchev–Trinajstić information content (AvgIpc) is 3.58. The zero-order valence-electron chi connectivity index (χ0n) is 28.1. The normalized spacial score (nSPS) is 22.3. The molecule has 2 fully saturated rings. The number of hydrogen-bond donors (Lipinski definition) is 3. The highest BCUT2D eigenvalue weighted by atomic mass is 35.5. The second-order valence-corrected chi connectivity index (χ2v) is 14.5. The van der Waals surface area contributed by atoms with Crippen LogP contribution in [-0.2, 0) is 10.2 Å². The molecule has 248 valence electrons. The van der Waals surface area contributed by atoms with Crippen molar-refractivity contribution in [3.05, 3.63) is 64.9 Å². The van der Waals surface area contributed by atoms with Crippen LogP contribution in [0, 0.1) is 0 Å². The number of nitrogens with one attached hydrogen (secondary N) is 2. The Morgan fingerprint density at radius 2 is 1.83 bits per heavy atom. The summed E-state index contributed by atoms with van der Waals surface area (Å²) in [7, 11) is 1.69. The summed E-state index contributed by atoms with van der Waals surface area (Å²) in [5, 5.41) is 17.3. The van der Waals surface area contributed by atoms with Crippen molar-refractivity contribution < 1.29 is 9.90 Å². The molecule has 4 aromatic rings. The van der Waals surface area contributed by atoms with Gasteiger partial charge in [0, 0.05) is 45.6 Å². The molecule has 2 aromatic carbocycles. The lowest BCUT2D eigenvalue weighted by Gasteiger charge is -2.48. The van der Waals surface area contributed by atoms with Gasteiger partial charge >= 0.3 is 0 Å². The van der Waals surface area contributed by atoms with Crippen molar-refractivity contribution >= 4 is 45.7 Å². The lowest BCUT2D eigenvalue weighted by atomic mass is 9.82. The summed E-state index contributed by atoms with van der Waals surface area (Å²) in [4.78, 5) is 28.7. The monoisotopic (exact) mass is 655 g/mol. The number of rotatable bonds is 9. The van der Waals surface area contributed by atoms with Crippen LogP contribution in [0.3, 0.4) is 0 Å². The molecule has 1 saturated heterocycles. The molecule has 47 heavy (non-hydrogen) atoms. The third-order valence-electron chi connectivity index (χ3n) is 10.8. The summed E-state index contributed by atoms with van der Waals surface area (Å²) in [5.74, 6) is 0.853. The predicted octanol–water partition coefficient (Wildman–Crippen LogP) is 7.32. The lowest BCUT2D eigenvalue weighted by Crippen LogP contribution is -2.57. The van der Waals surface area contributed by atoms with E-state index in [2.05, 4.69) is 57.0 Å². The molecule has 0 spiro atoms. The molecular weight excluding hydrogens is 610 g/mol. The maximum absolute atomic E-state index is 13.9. The van der Waals surface area contributed by atoms with Gasteiger partial charge in [-0.25, -0.2) is 9.97 Å². The van der Waals surface area contributed by atoms with E-state index in [1.165, 1.54) is 32.4 Å². The Balaban J connectivity index is 1.27. The number of aliphatic hydroxyl groups excluding tert-OH is 1. The molecule has 7 rings (SSSR count). The number of likely N-dealkylation sites (tertiary alicyclic amines) is 1. The van der Waals surface area contributed by atoms with Crippen LogP contribution in [0.25, 0.3) is 22.3 Å². The molecule has 1 amide bonds.